The Morgan fingerprint density at radius 2 is 2.06 bits per heavy atom. The fraction of sp³-hybridized carbons (Fsp3) is 0.571. The van der Waals surface area contributed by atoms with Crippen LogP contribution in [0.3, 0.4) is 0 Å². The van der Waals surface area contributed by atoms with E-state index in [9.17, 15) is 8.78 Å². The molecule has 0 saturated carbocycles. The summed E-state index contributed by atoms with van der Waals surface area (Å²) in [5.41, 5.74) is 6.32. The van der Waals surface area contributed by atoms with Crippen LogP contribution in [0.25, 0.3) is 0 Å². The zero-order chi connectivity index (χ0) is 13.3. The van der Waals surface area contributed by atoms with Crippen molar-refractivity contribution in [1.82, 2.24) is 4.90 Å². The molecule has 1 aliphatic heterocycles. The highest BCUT2D eigenvalue weighted by atomic mass is 19.2. The molecular weight excluding hydrogens is 234 g/mol. The SMILES string of the molecule is CC(N)C1CCN(C(C)c2cccc(F)c2F)C1. The Bertz CT molecular complexity index is 420. The second kappa shape index (κ2) is 5.33. The second-order valence-corrected chi connectivity index (χ2v) is 5.22. The van der Waals surface area contributed by atoms with Crippen molar-refractivity contribution in [2.75, 3.05) is 13.1 Å². The molecule has 3 atom stereocenters. The lowest BCUT2D eigenvalue weighted by Crippen LogP contribution is -2.31. The van der Waals surface area contributed by atoms with Gasteiger partial charge in [-0.2, -0.15) is 0 Å². The summed E-state index contributed by atoms with van der Waals surface area (Å²) < 4.78 is 27.0. The van der Waals surface area contributed by atoms with Gasteiger partial charge < -0.3 is 5.73 Å². The summed E-state index contributed by atoms with van der Waals surface area (Å²) in [5, 5.41) is 0. The van der Waals surface area contributed by atoms with Crippen molar-refractivity contribution in [3.63, 3.8) is 0 Å². The lowest BCUT2D eigenvalue weighted by Gasteiger charge is -2.25. The maximum Gasteiger partial charge on any atom is 0.163 e. The van der Waals surface area contributed by atoms with Gasteiger partial charge in [-0.3, -0.25) is 4.90 Å². The highest BCUT2D eigenvalue weighted by Crippen LogP contribution is 2.30. The molecule has 18 heavy (non-hydrogen) atoms. The van der Waals surface area contributed by atoms with Gasteiger partial charge in [-0.05, 0) is 38.8 Å². The van der Waals surface area contributed by atoms with Crippen molar-refractivity contribution in [1.29, 1.82) is 0 Å². The smallest absolute Gasteiger partial charge is 0.163 e. The van der Waals surface area contributed by atoms with E-state index in [1.807, 2.05) is 13.8 Å². The molecule has 0 amide bonds. The third kappa shape index (κ3) is 2.54. The molecule has 100 valence electrons. The van der Waals surface area contributed by atoms with E-state index in [1.54, 1.807) is 12.1 Å². The van der Waals surface area contributed by atoms with Gasteiger partial charge in [0, 0.05) is 24.2 Å². The fourth-order valence-corrected chi connectivity index (χ4v) is 2.64. The molecule has 0 aliphatic carbocycles. The van der Waals surface area contributed by atoms with Crippen molar-refractivity contribution in [3.8, 4) is 0 Å². The van der Waals surface area contributed by atoms with Crippen molar-refractivity contribution in [2.45, 2.75) is 32.4 Å². The summed E-state index contributed by atoms with van der Waals surface area (Å²) in [4.78, 5) is 2.17. The van der Waals surface area contributed by atoms with Crippen LogP contribution in [0, 0.1) is 17.6 Å². The van der Waals surface area contributed by atoms with E-state index in [-0.39, 0.29) is 12.1 Å². The Labute approximate surface area is 107 Å². The number of halogens is 2. The van der Waals surface area contributed by atoms with Crippen LogP contribution in [0.2, 0.25) is 0 Å². The first-order valence-electron chi connectivity index (χ1n) is 6.44. The van der Waals surface area contributed by atoms with E-state index in [1.165, 1.54) is 0 Å². The number of hydrogen-bond acceptors (Lipinski definition) is 2. The number of nitrogens with zero attached hydrogens (tertiary/aromatic N) is 1. The maximum atomic E-state index is 13.7. The molecule has 1 aromatic carbocycles. The van der Waals surface area contributed by atoms with Crippen molar-refractivity contribution in [3.05, 3.63) is 35.4 Å². The van der Waals surface area contributed by atoms with Gasteiger partial charge in [-0.1, -0.05) is 12.1 Å². The Kier molecular flexibility index (Phi) is 3.97. The van der Waals surface area contributed by atoms with Gasteiger partial charge >= 0.3 is 0 Å². The molecule has 2 nitrogen and oxygen atoms in total. The number of benzene rings is 1. The van der Waals surface area contributed by atoms with E-state index in [0.29, 0.717) is 11.5 Å². The van der Waals surface area contributed by atoms with Crippen molar-refractivity contribution < 1.29 is 8.78 Å². The molecule has 4 heteroatoms. The van der Waals surface area contributed by atoms with Crippen molar-refractivity contribution >= 4 is 0 Å². The average Bonchev–Trinajstić information content (AvgIpc) is 2.81. The first-order chi connectivity index (χ1) is 8.50. The van der Waals surface area contributed by atoms with Gasteiger partial charge in [0.25, 0.3) is 0 Å². The zero-order valence-electron chi connectivity index (χ0n) is 10.9. The monoisotopic (exact) mass is 254 g/mol. The minimum absolute atomic E-state index is 0.107. The Hall–Kier alpha value is -1.00. The molecule has 0 bridgehead atoms. The minimum Gasteiger partial charge on any atom is -0.328 e. The summed E-state index contributed by atoms with van der Waals surface area (Å²) in [5.74, 6) is -1.05. The van der Waals surface area contributed by atoms with Gasteiger partial charge in [-0.25, -0.2) is 8.78 Å². The van der Waals surface area contributed by atoms with Crippen molar-refractivity contribution in [2.24, 2.45) is 11.7 Å². The third-order valence-electron chi connectivity index (χ3n) is 3.98. The van der Waals surface area contributed by atoms with E-state index < -0.39 is 11.6 Å². The van der Waals surface area contributed by atoms with Gasteiger partial charge in [0.15, 0.2) is 11.6 Å². The molecule has 1 aliphatic rings. The van der Waals surface area contributed by atoms with Crippen LogP contribution in [0.15, 0.2) is 18.2 Å². The Balaban J connectivity index is 2.13. The zero-order valence-corrected chi connectivity index (χ0v) is 10.9. The van der Waals surface area contributed by atoms with Crippen LogP contribution in [-0.4, -0.2) is 24.0 Å². The molecule has 1 saturated heterocycles. The van der Waals surface area contributed by atoms with Crippen LogP contribution in [0.4, 0.5) is 8.78 Å². The summed E-state index contributed by atoms with van der Waals surface area (Å²) in [6.45, 7) is 5.67. The van der Waals surface area contributed by atoms with E-state index in [2.05, 4.69) is 4.90 Å². The van der Waals surface area contributed by atoms with Gasteiger partial charge in [-0.15, -0.1) is 0 Å². The minimum atomic E-state index is -0.776. The van der Waals surface area contributed by atoms with Crippen LogP contribution in [0.1, 0.15) is 31.9 Å². The number of rotatable bonds is 3. The highest BCUT2D eigenvalue weighted by Gasteiger charge is 2.30. The predicted octanol–water partition coefficient (Wildman–Crippen LogP) is 2.69. The first-order valence-corrected chi connectivity index (χ1v) is 6.44. The molecule has 1 heterocycles. The van der Waals surface area contributed by atoms with E-state index in [4.69, 9.17) is 5.73 Å². The number of hydrogen-bond donors (Lipinski definition) is 1. The summed E-state index contributed by atoms with van der Waals surface area (Å²) in [7, 11) is 0. The standard InChI is InChI=1S/C14H20F2N2/c1-9(17)11-6-7-18(8-11)10(2)12-4-3-5-13(15)14(12)16/h3-5,9-11H,6-8,17H2,1-2H3. The summed E-state index contributed by atoms with van der Waals surface area (Å²) in [6.07, 6.45) is 1.03. The van der Waals surface area contributed by atoms with Gasteiger partial charge in [0.1, 0.15) is 0 Å². The second-order valence-electron chi connectivity index (χ2n) is 5.22. The lowest BCUT2D eigenvalue weighted by atomic mass is 10.0. The molecular formula is C14H20F2N2. The van der Waals surface area contributed by atoms with Gasteiger partial charge in [0.2, 0.25) is 0 Å². The first kappa shape index (κ1) is 13.4. The fourth-order valence-electron chi connectivity index (χ4n) is 2.64. The Morgan fingerprint density at radius 3 is 2.67 bits per heavy atom. The molecule has 0 radical (unpaired) electrons. The average molecular weight is 254 g/mol. The molecule has 1 fully saturated rings. The van der Waals surface area contributed by atoms with Gasteiger partial charge in [0.05, 0.1) is 0 Å². The number of nitrogens with two attached hydrogens (primary N) is 1. The lowest BCUT2D eigenvalue weighted by molar-refractivity contribution is 0.242. The molecule has 2 rings (SSSR count). The van der Waals surface area contributed by atoms with E-state index >= 15 is 0 Å². The quantitative estimate of drug-likeness (QED) is 0.898. The number of likely N-dealkylation sites (tertiary alicyclic amines) is 1. The van der Waals surface area contributed by atoms with Crippen LogP contribution >= 0.6 is 0 Å². The predicted molar refractivity (Wildman–Crippen MR) is 68.1 cm³/mol. The summed E-state index contributed by atoms with van der Waals surface area (Å²) >= 11 is 0. The van der Waals surface area contributed by atoms with Crippen LogP contribution < -0.4 is 5.73 Å². The molecule has 0 aromatic heterocycles. The topological polar surface area (TPSA) is 29.3 Å². The Morgan fingerprint density at radius 1 is 1.33 bits per heavy atom. The maximum absolute atomic E-state index is 13.7. The van der Waals surface area contributed by atoms with Crippen LogP contribution in [-0.2, 0) is 0 Å². The molecule has 0 spiro atoms. The molecule has 2 N–H and O–H groups in total. The highest BCUT2D eigenvalue weighted by molar-refractivity contribution is 5.22. The molecule has 1 aromatic rings. The van der Waals surface area contributed by atoms with Crippen LogP contribution in [0.5, 0.6) is 0 Å². The summed E-state index contributed by atoms with van der Waals surface area (Å²) in [6, 6.07) is 4.41. The van der Waals surface area contributed by atoms with E-state index in [0.717, 1.165) is 25.6 Å². The normalized spacial score (nSPS) is 24.2. The molecule has 3 unspecified atom stereocenters. The third-order valence-corrected chi connectivity index (χ3v) is 3.98. The largest absolute Gasteiger partial charge is 0.328 e.